The minimum Gasteiger partial charge on any atom is -0.394 e. The number of piperidine rings is 1. The zero-order valence-corrected chi connectivity index (χ0v) is 10.2. The Morgan fingerprint density at radius 1 is 1.38 bits per heavy atom. The molecule has 2 fully saturated rings. The lowest BCUT2D eigenvalue weighted by Crippen LogP contribution is -2.51. The van der Waals surface area contributed by atoms with E-state index in [1.165, 1.54) is 19.4 Å². The number of morpholine rings is 1. The van der Waals surface area contributed by atoms with Gasteiger partial charge in [-0.15, -0.1) is 0 Å². The predicted octanol–water partition coefficient (Wildman–Crippen LogP) is 0.0676. The van der Waals surface area contributed by atoms with Crippen LogP contribution >= 0.6 is 0 Å². The molecule has 0 aliphatic carbocycles. The molecule has 2 heterocycles. The largest absolute Gasteiger partial charge is 0.394 e. The number of hydrogen-bond acceptors (Lipinski definition) is 4. The van der Waals surface area contributed by atoms with Crippen LogP contribution in [0.3, 0.4) is 0 Å². The second-order valence-corrected chi connectivity index (χ2v) is 5.13. The van der Waals surface area contributed by atoms with Crippen molar-refractivity contribution in [1.82, 2.24) is 10.2 Å². The minimum atomic E-state index is 0.0258. The number of rotatable bonds is 3. The van der Waals surface area contributed by atoms with Gasteiger partial charge in [-0.1, -0.05) is 0 Å². The van der Waals surface area contributed by atoms with Gasteiger partial charge < -0.3 is 15.2 Å². The molecular weight excluding hydrogens is 204 g/mol. The SMILES string of the molecule is C[C@@H]1CO[C@@H](CO)CN1CC1CCNCC1. The van der Waals surface area contributed by atoms with Crippen LogP contribution in [0.4, 0.5) is 0 Å². The van der Waals surface area contributed by atoms with E-state index in [4.69, 9.17) is 9.84 Å². The van der Waals surface area contributed by atoms with Gasteiger partial charge in [0.2, 0.25) is 0 Å². The van der Waals surface area contributed by atoms with Crippen molar-refractivity contribution in [3.05, 3.63) is 0 Å². The average Bonchev–Trinajstić information content (AvgIpc) is 2.33. The zero-order valence-electron chi connectivity index (χ0n) is 10.2. The van der Waals surface area contributed by atoms with Crippen molar-refractivity contribution in [2.75, 3.05) is 39.4 Å². The van der Waals surface area contributed by atoms with Gasteiger partial charge in [0.05, 0.1) is 19.3 Å². The molecular formula is C12H24N2O2. The molecule has 2 saturated heterocycles. The highest BCUT2D eigenvalue weighted by molar-refractivity contribution is 4.80. The van der Waals surface area contributed by atoms with E-state index in [1.807, 2.05) is 0 Å². The molecule has 4 nitrogen and oxygen atoms in total. The second kappa shape index (κ2) is 5.96. The summed E-state index contributed by atoms with van der Waals surface area (Å²) in [5.41, 5.74) is 0. The highest BCUT2D eigenvalue weighted by atomic mass is 16.5. The lowest BCUT2D eigenvalue weighted by Gasteiger charge is -2.40. The second-order valence-electron chi connectivity index (χ2n) is 5.13. The number of hydrogen-bond donors (Lipinski definition) is 2. The van der Waals surface area contributed by atoms with E-state index >= 15 is 0 Å². The Hall–Kier alpha value is -0.160. The topological polar surface area (TPSA) is 44.7 Å². The molecule has 94 valence electrons. The van der Waals surface area contributed by atoms with Crippen molar-refractivity contribution in [1.29, 1.82) is 0 Å². The van der Waals surface area contributed by atoms with Crippen molar-refractivity contribution in [2.24, 2.45) is 5.92 Å². The molecule has 0 aromatic carbocycles. The fourth-order valence-corrected chi connectivity index (χ4v) is 2.64. The lowest BCUT2D eigenvalue weighted by atomic mass is 9.96. The van der Waals surface area contributed by atoms with Crippen LogP contribution in [0.5, 0.6) is 0 Å². The maximum Gasteiger partial charge on any atom is 0.0933 e. The molecule has 2 aliphatic heterocycles. The Kier molecular flexibility index (Phi) is 4.58. The van der Waals surface area contributed by atoms with Crippen LogP contribution in [-0.4, -0.2) is 61.5 Å². The molecule has 2 rings (SSSR count). The maximum atomic E-state index is 9.14. The number of nitrogens with zero attached hydrogens (tertiary/aromatic N) is 1. The summed E-state index contributed by atoms with van der Waals surface area (Å²) in [6.07, 6.45) is 2.60. The van der Waals surface area contributed by atoms with Gasteiger partial charge in [0.15, 0.2) is 0 Å². The summed E-state index contributed by atoms with van der Waals surface area (Å²) < 4.78 is 5.55. The number of aliphatic hydroxyl groups excluding tert-OH is 1. The Morgan fingerprint density at radius 3 is 2.81 bits per heavy atom. The third-order valence-corrected chi connectivity index (χ3v) is 3.79. The Morgan fingerprint density at radius 2 is 2.12 bits per heavy atom. The van der Waals surface area contributed by atoms with E-state index in [2.05, 4.69) is 17.1 Å². The Labute approximate surface area is 98.0 Å². The molecule has 0 bridgehead atoms. The van der Waals surface area contributed by atoms with E-state index in [1.54, 1.807) is 0 Å². The van der Waals surface area contributed by atoms with Crippen molar-refractivity contribution >= 4 is 0 Å². The quantitative estimate of drug-likeness (QED) is 0.717. The van der Waals surface area contributed by atoms with Gasteiger partial charge in [-0.25, -0.2) is 0 Å². The first-order chi connectivity index (χ1) is 7.79. The van der Waals surface area contributed by atoms with Gasteiger partial charge in [0, 0.05) is 19.1 Å². The van der Waals surface area contributed by atoms with Crippen LogP contribution in [0.1, 0.15) is 19.8 Å². The standard InChI is InChI=1S/C12H24N2O2/c1-10-9-16-12(8-15)7-14(10)6-11-2-4-13-5-3-11/h10-13,15H,2-9H2,1H3/t10-,12-/m1/s1. The van der Waals surface area contributed by atoms with Crippen LogP contribution in [0, 0.1) is 5.92 Å². The van der Waals surface area contributed by atoms with Gasteiger partial charge in [-0.05, 0) is 38.8 Å². The molecule has 2 N–H and O–H groups in total. The van der Waals surface area contributed by atoms with Crippen molar-refractivity contribution in [2.45, 2.75) is 31.9 Å². The van der Waals surface area contributed by atoms with E-state index in [0.29, 0.717) is 6.04 Å². The molecule has 2 aliphatic rings. The van der Waals surface area contributed by atoms with Gasteiger partial charge in [0.1, 0.15) is 0 Å². The lowest BCUT2D eigenvalue weighted by molar-refractivity contribution is -0.0822. The molecule has 0 radical (unpaired) electrons. The zero-order chi connectivity index (χ0) is 11.4. The van der Waals surface area contributed by atoms with Gasteiger partial charge >= 0.3 is 0 Å². The minimum absolute atomic E-state index is 0.0258. The molecule has 2 atom stereocenters. The van der Waals surface area contributed by atoms with E-state index in [-0.39, 0.29) is 12.7 Å². The Balaban J connectivity index is 1.81. The summed E-state index contributed by atoms with van der Waals surface area (Å²) in [5.74, 6) is 0.821. The maximum absolute atomic E-state index is 9.14. The predicted molar refractivity (Wildman–Crippen MR) is 63.5 cm³/mol. The van der Waals surface area contributed by atoms with Gasteiger partial charge in [-0.2, -0.15) is 0 Å². The van der Waals surface area contributed by atoms with E-state index in [9.17, 15) is 0 Å². The first-order valence-corrected chi connectivity index (χ1v) is 6.47. The van der Waals surface area contributed by atoms with Crippen LogP contribution in [0.15, 0.2) is 0 Å². The fourth-order valence-electron chi connectivity index (χ4n) is 2.64. The first kappa shape index (κ1) is 12.3. The monoisotopic (exact) mass is 228 g/mol. The fraction of sp³-hybridized carbons (Fsp3) is 1.00. The molecule has 0 unspecified atom stereocenters. The van der Waals surface area contributed by atoms with Crippen LogP contribution < -0.4 is 5.32 Å². The third-order valence-electron chi connectivity index (χ3n) is 3.79. The van der Waals surface area contributed by atoms with Gasteiger partial charge in [0.25, 0.3) is 0 Å². The van der Waals surface area contributed by atoms with Crippen molar-refractivity contribution in [3.8, 4) is 0 Å². The molecule has 0 spiro atoms. The summed E-state index contributed by atoms with van der Waals surface area (Å²) in [6.45, 7) is 7.50. The molecule has 16 heavy (non-hydrogen) atoms. The smallest absolute Gasteiger partial charge is 0.0933 e. The van der Waals surface area contributed by atoms with E-state index in [0.717, 1.165) is 32.2 Å². The Bertz CT molecular complexity index is 207. The van der Waals surface area contributed by atoms with Crippen LogP contribution in [0.25, 0.3) is 0 Å². The van der Waals surface area contributed by atoms with Crippen molar-refractivity contribution in [3.63, 3.8) is 0 Å². The van der Waals surface area contributed by atoms with Crippen LogP contribution in [-0.2, 0) is 4.74 Å². The van der Waals surface area contributed by atoms with E-state index < -0.39 is 0 Å². The van der Waals surface area contributed by atoms with Crippen LogP contribution in [0.2, 0.25) is 0 Å². The molecule has 0 aromatic rings. The molecule has 4 heteroatoms. The normalized spacial score (nSPS) is 34.1. The third kappa shape index (κ3) is 3.17. The van der Waals surface area contributed by atoms with Gasteiger partial charge in [-0.3, -0.25) is 4.90 Å². The first-order valence-electron chi connectivity index (χ1n) is 6.47. The molecule has 0 amide bonds. The number of ether oxygens (including phenoxy) is 1. The summed E-state index contributed by atoms with van der Waals surface area (Å²) >= 11 is 0. The number of nitrogens with one attached hydrogen (secondary N) is 1. The average molecular weight is 228 g/mol. The summed E-state index contributed by atoms with van der Waals surface area (Å²) in [7, 11) is 0. The molecule has 0 aromatic heterocycles. The highest BCUT2D eigenvalue weighted by Gasteiger charge is 2.27. The van der Waals surface area contributed by atoms with Crippen molar-refractivity contribution < 1.29 is 9.84 Å². The molecule has 0 saturated carbocycles. The summed E-state index contributed by atoms with van der Waals surface area (Å²) in [4.78, 5) is 2.49. The summed E-state index contributed by atoms with van der Waals surface area (Å²) in [5, 5.41) is 12.5. The highest BCUT2D eigenvalue weighted by Crippen LogP contribution is 2.18. The summed E-state index contributed by atoms with van der Waals surface area (Å²) in [6, 6.07) is 0.498. The number of aliphatic hydroxyl groups is 1.